The molecule has 0 aromatic heterocycles. The van der Waals surface area contributed by atoms with Gasteiger partial charge < -0.3 is 15.3 Å². The van der Waals surface area contributed by atoms with E-state index in [1.807, 2.05) is 0 Å². The summed E-state index contributed by atoms with van der Waals surface area (Å²) in [4.78, 5) is 4.87. The maximum absolute atomic E-state index is 8.88. The van der Waals surface area contributed by atoms with E-state index in [1.54, 1.807) is 0 Å². The van der Waals surface area contributed by atoms with Gasteiger partial charge in [0.05, 0.1) is 6.61 Å². The third-order valence-corrected chi connectivity index (χ3v) is 2.95. The standard InChI is InChI=1S/C11H25N3O/c1-2-12-4-7-13-5-3-6-14(9-8-13)10-11-15/h12,15H,2-11H2,1H3. The minimum Gasteiger partial charge on any atom is -0.395 e. The molecule has 2 N–H and O–H groups in total. The molecule has 1 heterocycles. The first-order chi connectivity index (χ1) is 7.36. The smallest absolute Gasteiger partial charge is 0.0558 e. The maximum Gasteiger partial charge on any atom is 0.0558 e. The molecule has 1 fully saturated rings. The Morgan fingerprint density at radius 1 is 1.07 bits per heavy atom. The Kier molecular flexibility index (Phi) is 6.92. The lowest BCUT2D eigenvalue weighted by molar-refractivity contribution is 0.197. The lowest BCUT2D eigenvalue weighted by Gasteiger charge is -2.21. The number of aliphatic hydroxyl groups is 1. The van der Waals surface area contributed by atoms with E-state index in [0.29, 0.717) is 0 Å². The lowest BCUT2D eigenvalue weighted by atomic mass is 10.4. The number of hydrogen-bond donors (Lipinski definition) is 2. The van der Waals surface area contributed by atoms with Crippen LogP contribution in [-0.2, 0) is 0 Å². The first kappa shape index (κ1) is 12.9. The second kappa shape index (κ2) is 8.05. The van der Waals surface area contributed by atoms with E-state index in [0.717, 1.165) is 45.8 Å². The molecule has 90 valence electrons. The Hall–Kier alpha value is -0.160. The molecule has 0 aromatic carbocycles. The Morgan fingerprint density at radius 2 is 1.73 bits per heavy atom. The van der Waals surface area contributed by atoms with Gasteiger partial charge in [0.15, 0.2) is 0 Å². The van der Waals surface area contributed by atoms with Crippen molar-refractivity contribution in [3.63, 3.8) is 0 Å². The van der Waals surface area contributed by atoms with Crippen LogP contribution < -0.4 is 5.32 Å². The van der Waals surface area contributed by atoms with Crippen LogP contribution in [0.2, 0.25) is 0 Å². The van der Waals surface area contributed by atoms with Crippen molar-refractivity contribution in [3.05, 3.63) is 0 Å². The summed E-state index contributed by atoms with van der Waals surface area (Å²) in [5.41, 5.74) is 0. The predicted molar refractivity (Wildman–Crippen MR) is 63.1 cm³/mol. The monoisotopic (exact) mass is 215 g/mol. The van der Waals surface area contributed by atoms with Crippen molar-refractivity contribution in [2.75, 3.05) is 59.0 Å². The summed E-state index contributed by atoms with van der Waals surface area (Å²) in [7, 11) is 0. The topological polar surface area (TPSA) is 38.7 Å². The minimum absolute atomic E-state index is 0.289. The average molecular weight is 215 g/mol. The number of rotatable bonds is 6. The summed E-state index contributed by atoms with van der Waals surface area (Å²) in [6.07, 6.45) is 1.23. The molecule has 0 atom stereocenters. The largest absolute Gasteiger partial charge is 0.395 e. The first-order valence-electron chi connectivity index (χ1n) is 6.13. The Morgan fingerprint density at radius 3 is 2.33 bits per heavy atom. The van der Waals surface area contributed by atoms with E-state index in [9.17, 15) is 0 Å². The molecule has 0 saturated carbocycles. The third-order valence-electron chi connectivity index (χ3n) is 2.95. The number of aliphatic hydroxyl groups excluding tert-OH is 1. The fraction of sp³-hybridized carbons (Fsp3) is 1.00. The summed E-state index contributed by atoms with van der Waals surface area (Å²) >= 11 is 0. The zero-order valence-corrected chi connectivity index (χ0v) is 9.91. The highest BCUT2D eigenvalue weighted by Crippen LogP contribution is 2.01. The average Bonchev–Trinajstić information content (AvgIpc) is 2.45. The molecule has 0 aromatic rings. The predicted octanol–water partition coefficient (Wildman–Crippen LogP) is -0.404. The Balaban J connectivity index is 2.14. The summed E-state index contributed by atoms with van der Waals surface area (Å²) in [5, 5.41) is 12.2. The van der Waals surface area contributed by atoms with Crippen molar-refractivity contribution in [1.29, 1.82) is 0 Å². The van der Waals surface area contributed by atoms with Crippen molar-refractivity contribution in [2.45, 2.75) is 13.3 Å². The van der Waals surface area contributed by atoms with Crippen molar-refractivity contribution < 1.29 is 5.11 Å². The number of nitrogens with one attached hydrogen (secondary N) is 1. The van der Waals surface area contributed by atoms with Gasteiger partial charge in [-0.25, -0.2) is 0 Å². The van der Waals surface area contributed by atoms with Crippen LogP contribution in [0.15, 0.2) is 0 Å². The zero-order chi connectivity index (χ0) is 10.9. The van der Waals surface area contributed by atoms with Crippen LogP contribution in [-0.4, -0.2) is 73.9 Å². The molecule has 1 saturated heterocycles. The van der Waals surface area contributed by atoms with Gasteiger partial charge >= 0.3 is 0 Å². The van der Waals surface area contributed by atoms with Gasteiger partial charge in [0.25, 0.3) is 0 Å². The Bertz CT molecular complexity index is 155. The molecule has 4 heteroatoms. The molecule has 0 aliphatic carbocycles. The quantitative estimate of drug-likeness (QED) is 0.591. The van der Waals surface area contributed by atoms with Gasteiger partial charge in [-0.15, -0.1) is 0 Å². The third kappa shape index (κ3) is 5.47. The highest BCUT2D eigenvalue weighted by Gasteiger charge is 2.13. The van der Waals surface area contributed by atoms with Crippen LogP contribution in [0.3, 0.4) is 0 Å². The van der Waals surface area contributed by atoms with E-state index in [2.05, 4.69) is 22.0 Å². The number of hydrogen-bond acceptors (Lipinski definition) is 4. The molecule has 0 amide bonds. The molecule has 15 heavy (non-hydrogen) atoms. The zero-order valence-electron chi connectivity index (χ0n) is 9.91. The summed E-state index contributed by atoms with van der Waals surface area (Å²) in [5.74, 6) is 0. The number of β-amino-alcohol motifs (C(OH)–C–C–N with tert-alkyl or cyclic N) is 1. The lowest BCUT2D eigenvalue weighted by Crippen LogP contribution is -2.36. The highest BCUT2D eigenvalue weighted by molar-refractivity contribution is 4.69. The first-order valence-corrected chi connectivity index (χ1v) is 6.13. The highest BCUT2D eigenvalue weighted by atomic mass is 16.3. The molecule has 1 aliphatic heterocycles. The van der Waals surface area contributed by atoms with E-state index >= 15 is 0 Å². The van der Waals surface area contributed by atoms with Gasteiger partial charge in [0, 0.05) is 32.7 Å². The molecule has 0 bridgehead atoms. The van der Waals surface area contributed by atoms with Gasteiger partial charge in [-0.1, -0.05) is 6.92 Å². The molecule has 1 rings (SSSR count). The number of nitrogens with zero attached hydrogens (tertiary/aromatic N) is 2. The van der Waals surface area contributed by atoms with Crippen molar-refractivity contribution in [2.24, 2.45) is 0 Å². The van der Waals surface area contributed by atoms with Crippen LogP contribution in [0.25, 0.3) is 0 Å². The van der Waals surface area contributed by atoms with Crippen LogP contribution in [0.5, 0.6) is 0 Å². The van der Waals surface area contributed by atoms with Gasteiger partial charge in [0.1, 0.15) is 0 Å². The molecule has 1 aliphatic rings. The minimum atomic E-state index is 0.289. The van der Waals surface area contributed by atoms with Crippen LogP contribution >= 0.6 is 0 Å². The summed E-state index contributed by atoms with van der Waals surface area (Å²) in [6, 6.07) is 0. The van der Waals surface area contributed by atoms with E-state index in [-0.39, 0.29) is 6.61 Å². The van der Waals surface area contributed by atoms with Gasteiger partial charge in [-0.05, 0) is 26.1 Å². The SMILES string of the molecule is CCNCCN1CCCN(CCO)CC1. The molecule has 0 unspecified atom stereocenters. The molecular weight excluding hydrogens is 190 g/mol. The summed E-state index contributed by atoms with van der Waals surface area (Å²) < 4.78 is 0. The van der Waals surface area contributed by atoms with Crippen LogP contribution in [0.1, 0.15) is 13.3 Å². The molecule has 0 spiro atoms. The fourth-order valence-corrected chi connectivity index (χ4v) is 2.03. The van der Waals surface area contributed by atoms with Crippen molar-refractivity contribution >= 4 is 0 Å². The van der Waals surface area contributed by atoms with E-state index in [4.69, 9.17) is 5.11 Å². The second-order valence-corrected chi connectivity index (χ2v) is 4.11. The molecule has 4 nitrogen and oxygen atoms in total. The van der Waals surface area contributed by atoms with Crippen molar-refractivity contribution in [1.82, 2.24) is 15.1 Å². The second-order valence-electron chi connectivity index (χ2n) is 4.11. The molecular formula is C11H25N3O. The fourth-order valence-electron chi connectivity index (χ4n) is 2.03. The van der Waals surface area contributed by atoms with E-state index in [1.165, 1.54) is 13.0 Å². The van der Waals surface area contributed by atoms with Gasteiger partial charge in [-0.3, -0.25) is 4.90 Å². The van der Waals surface area contributed by atoms with E-state index < -0.39 is 0 Å². The van der Waals surface area contributed by atoms with Crippen LogP contribution in [0.4, 0.5) is 0 Å². The van der Waals surface area contributed by atoms with Gasteiger partial charge in [0.2, 0.25) is 0 Å². The van der Waals surface area contributed by atoms with Crippen LogP contribution in [0, 0.1) is 0 Å². The molecule has 0 radical (unpaired) electrons. The summed E-state index contributed by atoms with van der Waals surface area (Å²) in [6.45, 7) is 11.2. The van der Waals surface area contributed by atoms with Gasteiger partial charge in [-0.2, -0.15) is 0 Å². The van der Waals surface area contributed by atoms with Crippen molar-refractivity contribution in [3.8, 4) is 0 Å². The number of likely N-dealkylation sites (N-methyl/N-ethyl adjacent to an activating group) is 1. The maximum atomic E-state index is 8.88. The Labute approximate surface area is 93.2 Å². The normalized spacial score (nSPS) is 20.4.